The summed E-state index contributed by atoms with van der Waals surface area (Å²) in [5, 5.41) is 8.45. The van der Waals surface area contributed by atoms with Crippen LogP contribution in [0.3, 0.4) is 0 Å². The number of nitrogens with zero attached hydrogens (tertiary/aromatic N) is 3. The number of halogens is 3. The number of rotatable bonds is 6. The maximum Gasteiger partial charge on any atom is 0.419 e. The number of amides is 1. The standard InChI is InChI=1S/C31H35F3N6O3/c1-35-30(41)23-4-2-3-5-25(23)38-26-17-29(36-18-24(26)31(32,33)34)37-20-6-7-27-28(16-20)43-15-10-22-19-39(11-12-40(22)27)21-8-13-42-14-9-21/h2-7,16-18,21-22H,8-15,19H2,1H3,(H,35,41)(H2,36,37,38)/t22-/m1/s1. The molecule has 1 amide bonds. The van der Waals surface area contributed by atoms with Gasteiger partial charge in [-0.1, -0.05) is 12.1 Å². The summed E-state index contributed by atoms with van der Waals surface area (Å²) in [6.45, 7) is 5.10. The highest BCUT2D eigenvalue weighted by Gasteiger charge is 2.36. The van der Waals surface area contributed by atoms with Crippen molar-refractivity contribution in [1.29, 1.82) is 0 Å². The molecule has 228 valence electrons. The number of pyridine rings is 1. The number of carbonyl (C=O) groups excluding carboxylic acids is 1. The highest BCUT2D eigenvalue weighted by atomic mass is 19.4. The summed E-state index contributed by atoms with van der Waals surface area (Å²) in [6.07, 6.45) is -0.811. The minimum absolute atomic E-state index is 0.212. The van der Waals surface area contributed by atoms with E-state index < -0.39 is 17.6 Å². The number of nitrogens with one attached hydrogen (secondary N) is 3. The van der Waals surface area contributed by atoms with Gasteiger partial charge in [-0.2, -0.15) is 13.2 Å². The molecule has 0 radical (unpaired) electrons. The van der Waals surface area contributed by atoms with Gasteiger partial charge in [-0.25, -0.2) is 4.98 Å². The molecule has 2 saturated heterocycles. The minimum Gasteiger partial charge on any atom is -0.491 e. The van der Waals surface area contributed by atoms with Gasteiger partial charge in [-0.3, -0.25) is 9.69 Å². The molecule has 3 N–H and O–H groups in total. The molecule has 1 aromatic heterocycles. The number of hydrogen-bond donors (Lipinski definition) is 3. The molecular formula is C31H35F3N6O3. The van der Waals surface area contributed by atoms with E-state index in [1.54, 1.807) is 24.3 Å². The van der Waals surface area contributed by atoms with E-state index >= 15 is 0 Å². The normalized spacial score (nSPS) is 19.4. The fourth-order valence-electron chi connectivity index (χ4n) is 6.15. The van der Waals surface area contributed by atoms with E-state index in [1.165, 1.54) is 13.1 Å². The molecule has 0 saturated carbocycles. The van der Waals surface area contributed by atoms with E-state index in [1.807, 2.05) is 18.2 Å². The third kappa shape index (κ3) is 6.35. The van der Waals surface area contributed by atoms with E-state index in [0.29, 0.717) is 24.4 Å². The Hall–Kier alpha value is -4.03. The molecule has 0 aliphatic carbocycles. The molecular weight excluding hydrogens is 561 g/mol. The first-order chi connectivity index (χ1) is 20.8. The Morgan fingerprint density at radius 2 is 1.74 bits per heavy atom. The van der Waals surface area contributed by atoms with Crippen molar-refractivity contribution in [1.82, 2.24) is 15.2 Å². The van der Waals surface area contributed by atoms with Crippen molar-refractivity contribution in [2.75, 3.05) is 62.0 Å². The van der Waals surface area contributed by atoms with Crippen LogP contribution in [0.5, 0.6) is 5.75 Å². The van der Waals surface area contributed by atoms with Gasteiger partial charge >= 0.3 is 6.18 Å². The molecule has 3 aliphatic rings. The van der Waals surface area contributed by atoms with Crippen LogP contribution in [0.1, 0.15) is 35.2 Å². The summed E-state index contributed by atoms with van der Waals surface area (Å²) in [7, 11) is 1.46. The average molecular weight is 597 g/mol. The van der Waals surface area contributed by atoms with E-state index in [4.69, 9.17) is 9.47 Å². The van der Waals surface area contributed by atoms with Crippen LogP contribution >= 0.6 is 0 Å². The lowest BCUT2D eigenvalue weighted by Crippen LogP contribution is -2.56. The van der Waals surface area contributed by atoms with Crippen LogP contribution in [0.25, 0.3) is 0 Å². The van der Waals surface area contributed by atoms with Gasteiger partial charge in [-0.05, 0) is 37.1 Å². The molecule has 1 atom stereocenters. The average Bonchev–Trinajstić information content (AvgIpc) is 3.19. The number of aromatic nitrogens is 1. The smallest absolute Gasteiger partial charge is 0.419 e. The van der Waals surface area contributed by atoms with Crippen molar-refractivity contribution < 1.29 is 27.4 Å². The molecule has 4 heterocycles. The summed E-state index contributed by atoms with van der Waals surface area (Å²) in [5.41, 5.74) is 0.961. The van der Waals surface area contributed by atoms with Crippen LogP contribution in [0, 0.1) is 0 Å². The summed E-state index contributed by atoms with van der Waals surface area (Å²) >= 11 is 0. The number of benzene rings is 2. The van der Waals surface area contributed by atoms with E-state index in [9.17, 15) is 18.0 Å². The molecule has 0 spiro atoms. The second kappa shape index (κ2) is 12.3. The summed E-state index contributed by atoms with van der Waals surface area (Å²) in [5.74, 6) is 0.530. The van der Waals surface area contributed by atoms with Crippen molar-refractivity contribution >= 4 is 34.5 Å². The van der Waals surface area contributed by atoms with Gasteiger partial charge in [0.2, 0.25) is 0 Å². The lowest BCUT2D eigenvalue weighted by atomic mass is 10.0. The van der Waals surface area contributed by atoms with E-state index in [0.717, 1.165) is 69.7 Å². The SMILES string of the molecule is CNC(=O)c1ccccc1Nc1cc(Nc2ccc3c(c2)OCC[C@@H]2CN(C4CCOCC4)CCN32)ncc1C(F)(F)F. The molecule has 0 unspecified atom stereocenters. The van der Waals surface area contributed by atoms with Gasteiger partial charge in [0.15, 0.2) is 0 Å². The first kappa shape index (κ1) is 29.1. The minimum atomic E-state index is -4.65. The molecule has 2 aromatic carbocycles. The third-order valence-electron chi connectivity index (χ3n) is 8.35. The molecule has 9 nitrogen and oxygen atoms in total. The Bertz CT molecular complexity index is 1460. The van der Waals surface area contributed by atoms with Gasteiger partial charge in [0.1, 0.15) is 11.6 Å². The van der Waals surface area contributed by atoms with Crippen molar-refractivity contribution in [2.45, 2.75) is 37.5 Å². The fourth-order valence-corrected chi connectivity index (χ4v) is 6.15. The van der Waals surface area contributed by atoms with Gasteiger partial charge < -0.3 is 30.3 Å². The largest absolute Gasteiger partial charge is 0.491 e. The van der Waals surface area contributed by atoms with Gasteiger partial charge in [-0.15, -0.1) is 0 Å². The highest BCUT2D eigenvalue weighted by molar-refractivity contribution is 6.00. The van der Waals surface area contributed by atoms with Crippen LogP contribution in [0.15, 0.2) is 54.7 Å². The number of para-hydroxylation sites is 1. The fraction of sp³-hybridized carbons (Fsp3) is 0.419. The zero-order valence-electron chi connectivity index (χ0n) is 23.9. The van der Waals surface area contributed by atoms with Gasteiger partial charge in [0.25, 0.3) is 5.91 Å². The maximum absolute atomic E-state index is 13.9. The third-order valence-corrected chi connectivity index (χ3v) is 8.35. The molecule has 43 heavy (non-hydrogen) atoms. The number of piperazine rings is 1. The van der Waals surface area contributed by atoms with Crippen molar-refractivity contribution in [3.63, 3.8) is 0 Å². The Kier molecular flexibility index (Phi) is 8.31. The van der Waals surface area contributed by atoms with Crippen LogP contribution < -0.4 is 25.6 Å². The Morgan fingerprint density at radius 3 is 2.53 bits per heavy atom. The predicted octanol–water partition coefficient (Wildman–Crippen LogP) is 5.40. The molecule has 12 heteroatoms. The second-order valence-corrected chi connectivity index (χ2v) is 11.0. The monoisotopic (exact) mass is 596 g/mol. The second-order valence-electron chi connectivity index (χ2n) is 11.0. The Balaban J connectivity index is 1.22. The quantitative estimate of drug-likeness (QED) is 0.349. The van der Waals surface area contributed by atoms with Crippen molar-refractivity contribution in [3.8, 4) is 5.75 Å². The maximum atomic E-state index is 13.9. The topological polar surface area (TPSA) is 91.0 Å². The number of anilines is 5. The zero-order valence-corrected chi connectivity index (χ0v) is 23.9. The van der Waals surface area contributed by atoms with Gasteiger partial charge in [0, 0.05) is 82.4 Å². The zero-order chi connectivity index (χ0) is 30.0. The number of ether oxygens (including phenoxy) is 2. The summed E-state index contributed by atoms with van der Waals surface area (Å²) in [6, 6.07) is 14.4. The predicted molar refractivity (Wildman–Crippen MR) is 159 cm³/mol. The number of fused-ring (bicyclic) bond motifs is 3. The molecule has 0 bridgehead atoms. The summed E-state index contributed by atoms with van der Waals surface area (Å²) in [4.78, 5) is 21.4. The first-order valence-electron chi connectivity index (χ1n) is 14.6. The number of carbonyl (C=O) groups is 1. The Morgan fingerprint density at radius 1 is 0.953 bits per heavy atom. The first-order valence-corrected chi connectivity index (χ1v) is 14.6. The Labute approximate surface area is 248 Å². The summed E-state index contributed by atoms with van der Waals surface area (Å²) < 4.78 is 53.5. The molecule has 3 aromatic rings. The molecule has 2 fully saturated rings. The lowest BCUT2D eigenvalue weighted by Gasteiger charge is -2.45. The van der Waals surface area contributed by atoms with Crippen molar-refractivity contribution in [2.24, 2.45) is 0 Å². The van der Waals surface area contributed by atoms with Crippen molar-refractivity contribution in [3.05, 3.63) is 65.9 Å². The van der Waals surface area contributed by atoms with Crippen LogP contribution in [0.4, 0.5) is 41.7 Å². The van der Waals surface area contributed by atoms with Gasteiger partial charge in [0.05, 0.1) is 34.8 Å². The highest BCUT2D eigenvalue weighted by Crippen LogP contribution is 2.40. The molecule has 6 rings (SSSR count). The van der Waals surface area contributed by atoms with E-state index in [-0.39, 0.29) is 22.8 Å². The van der Waals surface area contributed by atoms with Crippen LogP contribution in [0.2, 0.25) is 0 Å². The number of alkyl halides is 3. The number of hydrogen-bond acceptors (Lipinski definition) is 8. The van der Waals surface area contributed by atoms with Crippen LogP contribution in [-0.2, 0) is 10.9 Å². The lowest BCUT2D eigenvalue weighted by molar-refractivity contribution is -0.137. The molecule has 3 aliphatic heterocycles. The van der Waals surface area contributed by atoms with E-state index in [2.05, 4.69) is 30.7 Å². The van der Waals surface area contributed by atoms with Crippen LogP contribution in [-0.4, -0.2) is 74.4 Å².